The first-order valence-electron chi connectivity index (χ1n) is 2.71. The molecular formula is C5H7N2O2S. The summed E-state index contributed by atoms with van der Waals surface area (Å²) in [6, 6.07) is 1.56. The summed E-state index contributed by atoms with van der Waals surface area (Å²) in [7, 11) is -0.663. The fourth-order valence-electron chi connectivity index (χ4n) is 0.628. The Morgan fingerprint density at radius 1 is 1.80 bits per heavy atom. The molecule has 55 valence electrons. The average Bonchev–Trinajstić information content (AvgIpc) is 2.15. The summed E-state index contributed by atoms with van der Waals surface area (Å²) in [5, 5.41) is 3.69. The Labute approximate surface area is 60.4 Å². The molecule has 0 fully saturated rings. The third kappa shape index (κ3) is 1.57. The molecule has 1 heterocycles. The Bertz CT molecular complexity index is 282. The highest BCUT2D eigenvalue weighted by Gasteiger charge is 1.97. The van der Waals surface area contributed by atoms with Gasteiger partial charge in [-0.25, -0.2) is 8.42 Å². The molecule has 10 heavy (non-hydrogen) atoms. The summed E-state index contributed by atoms with van der Waals surface area (Å²) in [6.07, 6.45) is 2.55. The van der Waals surface area contributed by atoms with Crippen molar-refractivity contribution in [2.75, 3.05) is 0 Å². The molecule has 0 aliphatic carbocycles. The lowest BCUT2D eigenvalue weighted by molar-refractivity contribution is 0.610. The molecule has 1 radical (unpaired) electrons. The van der Waals surface area contributed by atoms with E-state index >= 15 is 0 Å². The molecule has 5 heteroatoms. The topological polar surface area (TPSA) is 52.0 Å². The van der Waals surface area contributed by atoms with Crippen molar-refractivity contribution in [3.63, 3.8) is 0 Å². The highest BCUT2D eigenvalue weighted by Crippen LogP contribution is 1.95. The van der Waals surface area contributed by atoms with Crippen LogP contribution < -0.4 is 0 Å². The lowest BCUT2D eigenvalue weighted by Gasteiger charge is -1.92. The molecule has 0 unspecified atom stereocenters. The van der Waals surface area contributed by atoms with Gasteiger partial charge in [-0.1, -0.05) is 0 Å². The largest absolute Gasteiger partial charge is 0.271 e. The van der Waals surface area contributed by atoms with Crippen LogP contribution in [-0.4, -0.2) is 18.2 Å². The summed E-state index contributed by atoms with van der Waals surface area (Å²) >= 11 is 0. The molecule has 0 atom stereocenters. The van der Waals surface area contributed by atoms with Gasteiger partial charge in [0.25, 0.3) is 0 Å². The van der Waals surface area contributed by atoms with Crippen molar-refractivity contribution in [1.29, 1.82) is 0 Å². The average molecular weight is 159 g/mol. The van der Waals surface area contributed by atoms with Crippen LogP contribution in [0.4, 0.5) is 0 Å². The number of hydrogen-bond donors (Lipinski definition) is 1. The van der Waals surface area contributed by atoms with Crippen molar-refractivity contribution < 1.29 is 8.42 Å². The molecule has 4 nitrogen and oxygen atoms in total. The molecule has 0 bridgehead atoms. The second-order valence-electron chi connectivity index (χ2n) is 1.88. The Morgan fingerprint density at radius 2 is 2.50 bits per heavy atom. The third-order valence-electron chi connectivity index (χ3n) is 1.15. The van der Waals surface area contributed by atoms with Gasteiger partial charge in [-0.2, -0.15) is 5.10 Å². The van der Waals surface area contributed by atoms with E-state index in [4.69, 9.17) is 0 Å². The standard InChI is InChI=1S/C5H7N2O2S/c1-7-5(2-3-6-7)4-10(8)9/h2,10H,4H2,1H3. The second kappa shape index (κ2) is 2.83. The normalized spacial score (nSPS) is 10.6. The van der Waals surface area contributed by atoms with Crippen LogP contribution in [0.5, 0.6) is 0 Å². The van der Waals surface area contributed by atoms with Crippen LogP contribution in [0, 0.1) is 6.20 Å². The number of aryl methyl sites for hydroxylation is 1. The van der Waals surface area contributed by atoms with E-state index in [0.29, 0.717) is 5.69 Å². The molecule has 0 aliphatic heterocycles. The van der Waals surface area contributed by atoms with E-state index in [-0.39, 0.29) is 5.75 Å². The van der Waals surface area contributed by atoms with E-state index in [1.807, 2.05) is 0 Å². The van der Waals surface area contributed by atoms with E-state index in [1.54, 1.807) is 13.1 Å². The maximum Gasteiger partial charge on any atom is 0.145 e. The first kappa shape index (κ1) is 7.27. The molecule has 0 aliphatic rings. The maximum atomic E-state index is 10.2. The lowest BCUT2D eigenvalue weighted by atomic mass is 10.5. The molecule has 0 spiro atoms. The van der Waals surface area contributed by atoms with E-state index in [1.165, 1.54) is 4.68 Å². The van der Waals surface area contributed by atoms with E-state index in [0.717, 1.165) is 0 Å². The molecule has 1 aromatic rings. The number of hydrogen-bond acceptors (Lipinski definition) is 3. The minimum absolute atomic E-state index is 0.0440. The van der Waals surface area contributed by atoms with Crippen molar-refractivity contribution in [3.8, 4) is 0 Å². The van der Waals surface area contributed by atoms with Crippen LogP contribution in [0.3, 0.4) is 0 Å². The molecule has 1 aromatic heterocycles. The van der Waals surface area contributed by atoms with Gasteiger partial charge in [0, 0.05) is 7.05 Å². The zero-order valence-electron chi connectivity index (χ0n) is 5.44. The molecule has 0 amide bonds. The van der Waals surface area contributed by atoms with Gasteiger partial charge in [0.2, 0.25) is 0 Å². The fourth-order valence-corrected chi connectivity index (χ4v) is 1.19. The Morgan fingerprint density at radius 3 is 2.90 bits per heavy atom. The Kier molecular flexibility index (Phi) is 2.06. The van der Waals surface area contributed by atoms with Crippen molar-refractivity contribution in [3.05, 3.63) is 18.0 Å². The lowest BCUT2D eigenvalue weighted by Crippen LogP contribution is -1.98. The molecule has 0 saturated carbocycles. The number of nitrogens with zero attached hydrogens (tertiary/aromatic N) is 2. The predicted molar refractivity (Wildman–Crippen MR) is 36.1 cm³/mol. The van der Waals surface area contributed by atoms with Crippen molar-refractivity contribution in [2.45, 2.75) is 5.75 Å². The zero-order valence-corrected chi connectivity index (χ0v) is 6.34. The van der Waals surface area contributed by atoms with Gasteiger partial charge < -0.3 is 0 Å². The first-order chi connectivity index (χ1) is 4.70. The zero-order chi connectivity index (χ0) is 7.56. The smallest absolute Gasteiger partial charge is 0.145 e. The minimum Gasteiger partial charge on any atom is -0.271 e. The van der Waals surface area contributed by atoms with Crippen LogP contribution in [0.2, 0.25) is 0 Å². The van der Waals surface area contributed by atoms with Gasteiger partial charge in [-0.05, 0) is 6.07 Å². The van der Waals surface area contributed by atoms with E-state index in [9.17, 15) is 8.42 Å². The summed E-state index contributed by atoms with van der Waals surface area (Å²) in [6.45, 7) is 0. The van der Waals surface area contributed by atoms with Crippen molar-refractivity contribution >= 4 is 10.7 Å². The summed E-state index contributed by atoms with van der Waals surface area (Å²) < 4.78 is 21.9. The Balaban J connectivity index is 2.84. The first-order valence-corrected chi connectivity index (χ1v) is 4.07. The highest BCUT2D eigenvalue weighted by molar-refractivity contribution is 7.71. The van der Waals surface area contributed by atoms with Crippen LogP contribution in [0.25, 0.3) is 0 Å². The molecule has 0 aromatic carbocycles. The summed E-state index contributed by atoms with van der Waals surface area (Å²) in [4.78, 5) is 0. The number of thiol groups is 1. The van der Waals surface area contributed by atoms with Gasteiger partial charge in [0.05, 0.1) is 11.4 Å². The SMILES string of the molecule is Cn1n[c]cc1C[SH](=O)=O. The number of aromatic nitrogens is 2. The fraction of sp³-hybridized carbons (Fsp3) is 0.400. The highest BCUT2D eigenvalue weighted by atomic mass is 32.2. The second-order valence-corrected chi connectivity index (χ2v) is 2.86. The van der Waals surface area contributed by atoms with Gasteiger partial charge >= 0.3 is 0 Å². The van der Waals surface area contributed by atoms with Gasteiger partial charge in [-0.3, -0.25) is 4.68 Å². The van der Waals surface area contributed by atoms with Gasteiger partial charge in [0.1, 0.15) is 16.9 Å². The summed E-state index contributed by atoms with van der Waals surface area (Å²) in [5.41, 5.74) is 0.663. The third-order valence-corrected chi connectivity index (χ3v) is 1.73. The monoisotopic (exact) mass is 159 g/mol. The Hall–Kier alpha value is -0.840. The van der Waals surface area contributed by atoms with Gasteiger partial charge in [-0.15, -0.1) is 0 Å². The van der Waals surface area contributed by atoms with E-state index in [2.05, 4.69) is 11.3 Å². The predicted octanol–water partition coefficient (Wildman–Crippen LogP) is -0.668. The minimum atomic E-state index is -2.35. The maximum absolute atomic E-state index is 10.2. The van der Waals surface area contributed by atoms with Crippen LogP contribution in [0.1, 0.15) is 5.69 Å². The van der Waals surface area contributed by atoms with Crippen LogP contribution in [0.15, 0.2) is 6.07 Å². The van der Waals surface area contributed by atoms with Gasteiger partial charge in [0.15, 0.2) is 0 Å². The van der Waals surface area contributed by atoms with Crippen LogP contribution >= 0.6 is 0 Å². The summed E-state index contributed by atoms with van der Waals surface area (Å²) in [5.74, 6) is 0.0440. The van der Waals surface area contributed by atoms with Crippen molar-refractivity contribution in [1.82, 2.24) is 9.78 Å². The molecule has 0 saturated heterocycles. The number of rotatable bonds is 2. The molecule has 1 rings (SSSR count). The molecule has 0 N–H and O–H groups in total. The molecular weight excluding hydrogens is 152 g/mol. The quantitative estimate of drug-likeness (QED) is 0.582. The van der Waals surface area contributed by atoms with Crippen molar-refractivity contribution in [2.24, 2.45) is 7.05 Å². The van der Waals surface area contributed by atoms with Crippen LogP contribution in [-0.2, 0) is 23.5 Å². The van der Waals surface area contributed by atoms with E-state index < -0.39 is 10.7 Å².